The van der Waals surface area contributed by atoms with Crippen LogP contribution in [0.15, 0.2) is 28.5 Å². The van der Waals surface area contributed by atoms with Crippen LogP contribution in [0, 0.1) is 12.7 Å². The molecule has 0 atom stereocenters. The number of aromatic nitrogens is 1. The van der Waals surface area contributed by atoms with Crippen molar-refractivity contribution in [1.82, 2.24) is 4.98 Å². The van der Waals surface area contributed by atoms with E-state index in [1.807, 2.05) is 13.2 Å². The predicted octanol–water partition coefficient (Wildman–Crippen LogP) is 3.98. The summed E-state index contributed by atoms with van der Waals surface area (Å²) in [6.45, 7) is 2.00. The first-order valence-electron chi connectivity index (χ1n) is 4.48. The Morgan fingerprint density at radius 1 is 1.27 bits per heavy atom. The first-order valence-corrected chi connectivity index (χ1v) is 6.52. The van der Waals surface area contributed by atoms with Gasteiger partial charge in [-0.3, -0.25) is 0 Å². The van der Waals surface area contributed by atoms with Crippen LogP contribution in [-0.4, -0.2) is 11.2 Å². The lowest BCUT2D eigenvalue weighted by atomic mass is 10.2. The van der Waals surface area contributed by atoms with Crippen molar-refractivity contribution < 1.29 is 4.39 Å². The summed E-state index contributed by atoms with van der Waals surface area (Å²) in [5.41, 5.74) is 2.02. The molecule has 0 bridgehead atoms. The minimum absolute atomic E-state index is 0.211. The van der Waals surface area contributed by atoms with E-state index in [0.717, 1.165) is 16.3 Å². The standard InChI is InChI=1S/C11H10FNS2/c1-7-11(14-2)15-10(13-7)8-3-5-9(12)6-4-8/h3-6H,1-2H3. The van der Waals surface area contributed by atoms with Gasteiger partial charge in [0.25, 0.3) is 0 Å². The van der Waals surface area contributed by atoms with Crippen molar-refractivity contribution in [3.8, 4) is 10.6 Å². The maximum atomic E-state index is 12.7. The summed E-state index contributed by atoms with van der Waals surface area (Å²) in [6, 6.07) is 6.45. The van der Waals surface area contributed by atoms with Crippen molar-refractivity contribution in [2.75, 3.05) is 6.26 Å². The number of rotatable bonds is 2. The van der Waals surface area contributed by atoms with Gasteiger partial charge in [0.2, 0.25) is 0 Å². The summed E-state index contributed by atoms with van der Waals surface area (Å²) in [5, 5.41) is 0.955. The van der Waals surface area contributed by atoms with Gasteiger partial charge < -0.3 is 0 Å². The second-order valence-electron chi connectivity index (χ2n) is 3.10. The second-order valence-corrected chi connectivity index (χ2v) is 5.18. The van der Waals surface area contributed by atoms with Gasteiger partial charge in [-0.15, -0.1) is 23.1 Å². The molecule has 1 nitrogen and oxygen atoms in total. The number of thiazole rings is 1. The fraction of sp³-hybridized carbons (Fsp3) is 0.182. The van der Waals surface area contributed by atoms with E-state index in [4.69, 9.17) is 0 Å². The van der Waals surface area contributed by atoms with Crippen molar-refractivity contribution in [3.05, 3.63) is 35.8 Å². The molecule has 2 aromatic rings. The Morgan fingerprint density at radius 2 is 1.93 bits per heavy atom. The van der Waals surface area contributed by atoms with E-state index in [0.29, 0.717) is 0 Å². The molecule has 0 aliphatic heterocycles. The van der Waals surface area contributed by atoms with Crippen molar-refractivity contribution in [2.45, 2.75) is 11.1 Å². The largest absolute Gasteiger partial charge is 0.240 e. The minimum atomic E-state index is -0.211. The molecule has 15 heavy (non-hydrogen) atoms. The van der Waals surface area contributed by atoms with Crippen molar-refractivity contribution >= 4 is 23.1 Å². The molecule has 4 heteroatoms. The first kappa shape index (κ1) is 10.6. The van der Waals surface area contributed by atoms with Gasteiger partial charge >= 0.3 is 0 Å². The fourth-order valence-corrected chi connectivity index (χ4v) is 3.00. The molecule has 0 spiro atoms. The quantitative estimate of drug-likeness (QED) is 0.735. The maximum absolute atomic E-state index is 12.7. The smallest absolute Gasteiger partial charge is 0.124 e. The Balaban J connectivity index is 2.41. The number of hydrogen-bond acceptors (Lipinski definition) is 3. The van der Waals surface area contributed by atoms with E-state index in [1.165, 1.54) is 16.3 Å². The average Bonchev–Trinajstić information content (AvgIpc) is 2.61. The number of nitrogens with zero attached hydrogens (tertiary/aromatic N) is 1. The van der Waals surface area contributed by atoms with Crippen molar-refractivity contribution in [3.63, 3.8) is 0 Å². The number of hydrogen-bond donors (Lipinski definition) is 0. The lowest BCUT2D eigenvalue weighted by Crippen LogP contribution is -1.78. The number of halogens is 1. The van der Waals surface area contributed by atoms with Crippen LogP contribution in [0.4, 0.5) is 4.39 Å². The van der Waals surface area contributed by atoms with Gasteiger partial charge in [0, 0.05) is 5.56 Å². The first-order chi connectivity index (χ1) is 7.20. The Kier molecular flexibility index (Phi) is 3.07. The topological polar surface area (TPSA) is 12.9 Å². The molecule has 0 N–H and O–H groups in total. The van der Waals surface area contributed by atoms with Crippen molar-refractivity contribution in [2.24, 2.45) is 0 Å². The highest BCUT2D eigenvalue weighted by Gasteiger charge is 2.08. The zero-order valence-corrected chi connectivity index (χ0v) is 10.1. The van der Waals surface area contributed by atoms with Gasteiger partial charge in [0.1, 0.15) is 10.8 Å². The van der Waals surface area contributed by atoms with Gasteiger partial charge in [-0.05, 0) is 37.4 Å². The third kappa shape index (κ3) is 2.21. The Morgan fingerprint density at radius 3 is 2.47 bits per heavy atom. The van der Waals surface area contributed by atoms with Crippen LogP contribution in [0.3, 0.4) is 0 Å². The molecule has 0 amide bonds. The molecule has 0 unspecified atom stereocenters. The highest BCUT2D eigenvalue weighted by Crippen LogP contribution is 2.33. The number of benzene rings is 1. The van der Waals surface area contributed by atoms with E-state index in [1.54, 1.807) is 35.2 Å². The lowest BCUT2D eigenvalue weighted by molar-refractivity contribution is 0.628. The van der Waals surface area contributed by atoms with Crippen LogP contribution < -0.4 is 0 Å². The maximum Gasteiger partial charge on any atom is 0.124 e. The molecule has 0 aliphatic carbocycles. The molecule has 0 fully saturated rings. The third-order valence-electron chi connectivity index (χ3n) is 2.03. The molecular formula is C11H10FNS2. The van der Waals surface area contributed by atoms with Gasteiger partial charge in [-0.2, -0.15) is 0 Å². The molecule has 1 aromatic heterocycles. The molecule has 1 heterocycles. The molecule has 1 aromatic carbocycles. The molecule has 0 radical (unpaired) electrons. The van der Waals surface area contributed by atoms with Crippen LogP contribution in [0.2, 0.25) is 0 Å². The van der Waals surface area contributed by atoms with E-state index in [-0.39, 0.29) is 5.82 Å². The van der Waals surface area contributed by atoms with E-state index < -0.39 is 0 Å². The normalized spacial score (nSPS) is 10.6. The highest BCUT2D eigenvalue weighted by molar-refractivity contribution is 8.00. The number of thioether (sulfide) groups is 1. The lowest BCUT2D eigenvalue weighted by Gasteiger charge is -1.94. The Bertz CT molecular complexity index is 462. The van der Waals surface area contributed by atoms with Crippen LogP contribution in [-0.2, 0) is 0 Å². The van der Waals surface area contributed by atoms with Gasteiger partial charge in [-0.25, -0.2) is 9.37 Å². The van der Waals surface area contributed by atoms with Crippen LogP contribution in [0.1, 0.15) is 5.69 Å². The van der Waals surface area contributed by atoms with Crippen LogP contribution in [0.25, 0.3) is 10.6 Å². The minimum Gasteiger partial charge on any atom is -0.240 e. The van der Waals surface area contributed by atoms with Gasteiger partial charge in [-0.1, -0.05) is 0 Å². The van der Waals surface area contributed by atoms with Crippen LogP contribution >= 0.6 is 23.1 Å². The van der Waals surface area contributed by atoms with Gasteiger partial charge in [0.05, 0.1) is 9.90 Å². The summed E-state index contributed by atoms with van der Waals surface area (Å²) < 4.78 is 13.9. The molecule has 78 valence electrons. The second kappa shape index (κ2) is 4.33. The van der Waals surface area contributed by atoms with E-state index in [9.17, 15) is 4.39 Å². The fourth-order valence-electron chi connectivity index (χ4n) is 1.29. The summed E-state index contributed by atoms with van der Waals surface area (Å²) >= 11 is 3.34. The summed E-state index contributed by atoms with van der Waals surface area (Å²) in [4.78, 5) is 4.46. The zero-order valence-electron chi connectivity index (χ0n) is 8.45. The van der Waals surface area contributed by atoms with Crippen LogP contribution in [0.5, 0.6) is 0 Å². The SMILES string of the molecule is CSc1sc(-c2ccc(F)cc2)nc1C. The van der Waals surface area contributed by atoms with E-state index in [2.05, 4.69) is 4.98 Å². The molecule has 0 saturated heterocycles. The summed E-state index contributed by atoms with van der Waals surface area (Å²) in [5.74, 6) is -0.211. The molecule has 0 aliphatic rings. The molecule has 0 saturated carbocycles. The summed E-state index contributed by atoms with van der Waals surface area (Å²) in [7, 11) is 0. The summed E-state index contributed by atoms with van der Waals surface area (Å²) in [6.07, 6.45) is 2.04. The Hall–Kier alpha value is -0.870. The molecule has 2 rings (SSSR count). The van der Waals surface area contributed by atoms with E-state index >= 15 is 0 Å². The van der Waals surface area contributed by atoms with Crippen molar-refractivity contribution in [1.29, 1.82) is 0 Å². The monoisotopic (exact) mass is 239 g/mol. The highest BCUT2D eigenvalue weighted by atomic mass is 32.2. The third-order valence-corrected chi connectivity index (χ3v) is 4.45. The molecular weight excluding hydrogens is 229 g/mol. The van der Waals surface area contributed by atoms with Gasteiger partial charge in [0.15, 0.2) is 0 Å². The Labute approximate surface area is 96.4 Å². The zero-order chi connectivity index (χ0) is 10.8. The number of aryl methyl sites for hydroxylation is 1. The average molecular weight is 239 g/mol. The predicted molar refractivity (Wildman–Crippen MR) is 64.0 cm³/mol.